The molecule has 2 rings (SSSR count). The molecule has 1 unspecified atom stereocenters. The van der Waals surface area contributed by atoms with Crippen LogP contribution in [0, 0.1) is 6.92 Å². The van der Waals surface area contributed by atoms with Crippen molar-refractivity contribution < 1.29 is 5.11 Å². The molecular formula is C12H12BrClN2O. The molecule has 1 N–H and O–H groups in total. The lowest BCUT2D eigenvalue weighted by Crippen LogP contribution is -2.09. The Bertz CT molecular complexity index is 507. The average Bonchev–Trinajstić information content (AvgIpc) is 2.58. The highest BCUT2D eigenvalue weighted by Gasteiger charge is 2.13. The predicted octanol–water partition coefficient (Wildman–Crippen LogP) is 3.34. The Kier molecular flexibility index (Phi) is 3.86. The van der Waals surface area contributed by atoms with Crippen molar-refractivity contribution in [2.24, 2.45) is 0 Å². The van der Waals surface area contributed by atoms with Gasteiger partial charge in [-0.25, -0.2) is 0 Å². The van der Waals surface area contributed by atoms with Crippen molar-refractivity contribution in [2.75, 3.05) is 0 Å². The quantitative estimate of drug-likeness (QED) is 0.943. The van der Waals surface area contributed by atoms with E-state index in [4.69, 9.17) is 11.6 Å². The van der Waals surface area contributed by atoms with Gasteiger partial charge in [-0.05, 0) is 28.9 Å². The van der Waals surface area contributed by atoms with Crippen LogP contribution in [0.1, 0.15) is 17.4 Å². The highest BCUT2D eigenvalue weighted by Crippen LogP contribution is 2.24. The molecule has 0 amide bonds. The van der Waals surface area contributed by atoms with E-state index in [1.54, 1.807) is 10.7 Å². The van der Waals surface area contributed by atoms with Crippen LogP contribution in [0.15, 0.2) is 34.9 Å². The summed E-state index contributed by atoms with van der Waals surface area (Å²) in [7, 11) is 0. The number of rotatable bonds is 3. The summed E-state index contributed by atoms with van der Waals surface area (Å²) >= 11 is 9.41. The molecule has 0 radical (unpaired) electrons. The third kappa shape index (κ3) is 2.89. The molecule has 0 spiro atoms. The minimum Gasteiger partial charge on any atom is -0.386 e. The summed E-state index contributed by atoms with van der Waals surface area (Å²) in [5.41, 5.74) is 1.62. The molecule has 1 atom stereocenters. The number of halogens is 2. The third-order valence-electron chi connectivity index (χ3n) is 2.51. The van der Waals surface area contributed by atoms with Gasteiger partial charge in [-0.2, -0.15) is 5.10 Å². The van der Waals surface area contributed by atoms with Crippen LogP contribution < -0.4 is 0 Å². The summed E-state index contributed by atoms with van der Waals surface area (Å²) in [6.45, 7) is 2.29. The van der Waals surface area contributed by atoms with Crippen molar-refractivity contribution in [3.63, 3.8) is 0 Å². The molecule has 0 aliphatic heterocycles. The Balaban J connectivity index is 2.17. The van der Waals surface area contributed by atoms with Gasteiger partial charge in [-0.1, -0.05) is 29.8 Å². The van der Waals surface area contributed by atoms with Crippen LogP contribution in [0.25, 0.3) is 0 Å². The molecule has 17 heavy (non-hydrogen) atoms. The van der Waals surface area contributed by atoms with E-state index in [2.05, 4.69) is 21.0 Å². The number of aromatic nitrogens is 2. The standard InChI is InChI=1S/C12H12BrClN2O/c1-8-10(13)6-16(15-8)7-12(17)9-4-2-3-5-11(9)14/h2-6,12,17H,7H2,1H3. The van der Waals surface area contributed by atoms with Crippen LogP contribution in [0.3, 0.4) is 0 Å². The SMILES string of the molecule is Cc1nn(CC(O)c2ccccc2Cl)cc1Br. The maximum absolute atomic E-state index is 10.1. The van der Waals surface area contributed by atoms with Crippen molar-refractivity contribution in [3.8, 4) is 0 Å². The summed E-state index contributed by atoms with van der Waals surface area (Å²) in [6, 6.07) is 7.28. The van der Waals surface area contributed by atoms with Gasteiger partial charge in [0.1, 0.15) is 0 Å². The van der Waals surface area contributed by atoms with Crippen molar-refractivity contribution in [2.45, 2.75) is 19.6 Å². The van der Waals surface area contributed by atoms with Gasteiger partial charge in [0, 0.05) is 16.8 Å². The molecule has 0 aliphatic rings. The van der Waals surface area contributed by atoms with Crippen LogP contribution in [0.4, 0.5) is 0 Å². The third-order valence-corrected chi connectivity index (χ3v) is 3.63. The average molecular weight is 316 g/mol. The van der Waals surface area contributed by atoms with E-state index in [0.29, 0.717) is 11.6 Å². The van der Waals surface area contributed by atoms with E-state index in [-0.39, 0.29) is 0 Å². The van der Waals surface area contributed by atoms with Gasteiger partial charge < -0.3 is 5.11 Å². The largest absolute Gasteiger partial charge is 0.386 e. The smallest absolute Gasteiger partial charge is 0.1000 e. The fraction of sp³-hybridized carbons (Fsp3) is 0.250. The molecule has 5 heteroatoms. The Morgan fingerprint density at radius 2 is 2.18 bits per heavy atom. The zero-order valence-corrected chi connectivity index (χ0v) is 11.6. The van der Waals surface area contributed by atoms with Crippen LogP contribution in [-0.4, -0.2) is 14.9 Å². The Hall–Kier alpha value is -0.840. The summed E-state index contributed by atoms with van der Waals surface area (Å²) in [6.07, 6.45) is 1.19. The number of nitrogens with zero attached hydrogens (tertiary/aromatic N) is 2. The van der Waals surface area contributed by atoms with E-state index in [1.165, 1.54) is 0 Å². The summed E-state index contributed by atoms with van der Waals surface area (Å²) in [5.74, 6) is 0. The van der Waals surface area contributed by atoms with Crippen molar-refractivity contribution in [1.82, 2.24) is 9.78 Å². The fourth-order valence-corrected chi connectivity index (χ4v) is 2.19. The molecule has 3 nitrogen and oxygen atoms in total. The second-order valence-corrected chi connectivity index (χ2v) is 5.08. The molecule has 0 saturated heterocycles. The number of benzene rings is 1. The van der Waals surface area contributed by atoms with Gasteiger partial charge in [-0.3, -0.25) is 4.68 Å². The zero-order chi connectivity index (χ0) is 12.4. The van der Waals surface area contributed by atoms with E-state index < -0.39 is 6.10 Å². The number of aryl methyl sites for hydroxylation is 1. The maximum atomic E-state index is 10.1. The van der Waals surface area contributed by atoms with Crippen LogP contribution in [0.2, 0.25) is 5.02 Å². The van der Waals surface area contributed by atoms with Gasteiger partial charge >= 0.3 is 0 Å². The first-order valence-electron chi connectivity index (χ1n) is 5.20. The maximum Gasteiger partial charge on any atom is 0.1000 e. The molecule has 1 aromatic carbocycles. The molecule has 1 heterocycles. The molecule has 1 aromatic heterocycles. The van der Waals surface area contributed by atoms with E-state index >= 15 is 0 Å². The van der Waals surface area contributed by atoms with Crippen LogP contribution in [0.5, 0.6) is 0 Å². The first kappa shape index (κ1) is 12.6. The molecule has 2 aromatic rings. The van der Waals surface area contributed by atoms with Crippen molar-refractivity contribution >= 4 is 27.5 Å². The Morgan fingerprint density at radius 1 is 1.47 bits per heavy atom. The Labute approximate surface area is 113 Å². The molecule has 0 fully saturated rings. The fourth-order valence-electron chi connectivity index (χ4n) is 1.61. The highest BCUT2D eigenvalue weighted by molar-refractivity contribution is 9.10. The van der Waals surface area contributed by atoms with Crippen LogP contribution in [-0.2, 0) is 6.54 Å². The van der Waals surface area contributed by atoms with Gasteiger partial charge in [-0.15, -0.1) is 0 Å². The summed E-state index contributed by atoms with van der Waals surface area (Å²) in [4.78, 5) is 0. The molecule has 0 saturated carbocycles. The van der Waals surface area contributed by atoms with Crippen molar-refractivity contribution in [1.29, 1.82) is 0 Å². The summed E-state index contributed by atoms with van der Waals surface area (Å²) in [5, 5.41) is 14.9. The monoisotopic (exact) mass is 314 g/mol. The first-order valence-corrected chi connectivity index (χ1v) is 6.37. The van der Waals surface area contributed by atoms with E-state index in [1.807, 2.05) is 31.3 Å². The molecular weight excluding hydrogens is 304 g/mol. The minimum atomic E-state index is -0.658. The molecule has 0 bridgehead atoms. The number of hydrogen-bond acceptors (Lipinski definition) is 2. The van der Waals surface area contributed by atoms with Crippen molar-refractivity contribution in [3.05, 3.63) is 51.2 Å². The lowest BCUT2D eigenvalue weighted by atomic mass is 10.1. The van der Waals surface area contributed by atoms with Gasteiger partial charge in [0.2, 0.25) is 0 Å². The minimum absolute atomic E-state index is 0.385. The van der Waals surface area contributed by atoms with E-state index in [9.17, 15) is 5.11 Å². The zero-order valence-electron chi connectivity index (χ0n) is 9.27. The second kappa shape index (κ2) is 5.21. The normalized spacial score (nSPS) is 12.7. The van der Waals surface area contributed by atoms with Crippen LogP contribution >= 0.6 is 27.5 Å². The number of aliphatic hydroxyl groups excluding tert-OH is 1. The van der Waals surface area contributed by atoms with Gasteiger partial charge in [0.05, 0.1) is 22.8 Å². The predicted molar refractivity (Wildman–Crippen MR) is 71.1 cm³/mol. The molecule has 90 valence electrons. The van der Waals surface area contributed by atoms with Gasteiger partial charge in [0.25, 0.3) is 0 Å². The molecule has 0 aliphatic carbocycles. The lowest BCUT2D eigenvalue weighted by molar-refractivity contribution is 0.151. The summed E-state index contributed by atoms with van der Waals surface area (Å²) < 4.78 is 2.64. The lowest BCUT2D eigenvalue weighted by Gasteiger charge is -2.12. The highest BCUT2D eigenvalue weighted by atomic mass is 79.9. The van der Waals surface area contributed by atoms with Gasteiger partial charge in [0.15, 0.2) is 0 Å². The first-order chi connectivity index (χ1) is 8.08. The second-order valence-electron chi connectivity index (χ2n) is 3.82. The van der Waals surface area contributed by atoms with E-state index in [0.717, 1.165) is 15.7 Å². The number of aliphatic hydroxyl groups is 1. The Morgan fingerprint density at radius 3 is 2.76 bits per heavy atom. The number of hydrogen-bond donors (Lipinski definition) is 1. The topological polar surface area (TPSA) is 38.0 Å².